The Bertz CT molecular complexity index is 559. The van der Waals surface area contributed by atoms with Gasteiger partial charge in [-0.25, -0.2) is 0 Å². The molecule has 0 aromatic heterocycles. The van der Waals surface area contributed by atoms with Crippen LogP contribution in [0.2, 0.25) is 0 Å². The molecule has 0 unspecified atom stereocenters. The van der Waals surface area contributed by atoms with E-state index in [-0.39, 0.29) is 11.3 Å². The number of phenolic OH excluding ortho intramolecular Hbond substituents is 2. The van der Waals surface area contributed by atoms with Gasteiger partial charge in [0, 0.05) is 13.8 Å². The molecule has 2 N–H and O–H groups in total. The molecular weight excluding hydrogens is 264 g/mol. The van der Waals surface area contributed by atoms with Crippen LogP contribution in [0.5, 0.6) is 11.5 Å². The van der Waals surface area contributed by atoms with E-state index in [0.29, 0.717) is 5.56 Å². The Hall–Kier alpha value is -2.24. The predicted octanol–water partition coefficient (Wildman–Crippen LogP) is 1.50. The van der Waals surface area contributed by atoms with Gasteiger partial charge in [-0.2, -0.15) is 0 Å². The van der Waals surface area contributed by atoms with Crippen molar-refractivity contribution < 1.29 is 29.3 Å². The molecule has 0 spiro atoms. The molecule has 0 aliphatic carbocycles. The van der Waals surface area contributed by atoms with Crippen molar-refractivity contribution in [3.05, 3.63) is 23.3 Å². The van der Waals surface area contributed by atoms with Crippen molar-refractivity contribution >= 4 is 11.9 Å². The first-order chi connectivity index (χ1) is 9.08. The fourth-order valence-corrected chi connectivity index (χ4v) is 2.04. The van der Waals surface area contributed by atoms with Gasteiger partial charge in [-0.1, -0.05) is 6.07 Å². The van der Waals surface area contributed by atoms with Crippen LogP contribution < -0.4 is 0 Å². The van der Waals surface area contributed by atoms with E-state index in [0.717, 1.165) is 6.07 Å². The molecule has 1 fully saturated rings. The summed E-state index contributed by atoms with van der Waals surface area (Å²) in [5, 5.41) is 19.2. The monoisotopic (exact) mass is 280 g/mol. The quantitative estimate of drug-likeness (QED) is 0.460. The van der Waals surface area contributed by atoms with Gasteiger partial charge in [0.1, 0.15) is 0 Å². The third-order valence-corrected chi connectivity index (χ3v) is 3.35. The number of carbonyl (C=O) groups excluding carboxylic acids is 2. The summed E-state index contributed by atoms with van der Waals surface area (Å²) in [6, 6.07) is 2.60. The second-order valence-corrected chi connectivity index (χ2v) is 5.46. The van der Waals surface area contributed by atoms with Gasteiger partial charge in [0.2, 0.25) is 0 Å². The van der Waals surface area contributed by atoms with E-state index < -0.39 is 28.9 Å². The number of aryl methyl sites for hydroxylation is 1. The van der Waals surface area contributed by atoms with Gasteiger partial charge in [-0.3, -0.25) is 9.59 Å². The fraction of sp³-hybridized carbons (Fsp3) is 0.429. The van der Waals surface area contributed by atoms with E-state index in [2.05, 4.69) is 0 Å². The van der Waals surface area contributed by atoms with Crippen LogP contribution in [0.4, 0.5) is 0 Å². The number of ether oxygens (including phenoxy) is 2. The molecule has 6 heteroatoms. The zero-order chi connectivity index (χ0) is 15.3. The van der Waals surface area contributed by atoms with Gasteiger partial charge in [0.05, 0.1) is 0 Å². The Morgan fingerprint density at radius 2 is 1.50 bits per heavy atom. The summed E-state index contributed by atoms with van der Waals surface area (Å²) in [5.74, 6) is -3.55. The van der Waals surface area contributed by atoms with Crippen LogP contribution in [0, 0.1) is 6.92 Å². The molecule has 1 saturated heterocycles. The average molecular weight is 280 g/mol. The van der Waals surface area contributed by atoms with Crippen LogP contribution in [0.3, 0.4) is 0 Å². The number of esters is 2. The molecule has 0 amide bonds. The van der Waals surface area contributed by atoms with Crippen LogP contribution in [-0.4, -0.2) is 27.9 Å². The number of carbonyl (C=O) groups is 2. The maximum Gasteiger partial charge on any atom is 0.331 e. The lowest BCUT2D eigenvalue weighted by Crippen LogP contribution is -2.55. The highest BCUT2D eigenvalue weighted by Crippen LogP contribution is 2.39. The van der Waals surface area contributed by atoms with Crippen molar-refractivity contribution in [1.82, 2.24) is 0 Å². The molecule has 108 valence electrons. The molecular formula is C14H16O6. The number of phenols is 2. The van der Waals surface area contributed by atoms with Gasteiger partial charge in [0.25, 0.3) is 5.79 Å². The lowest BCUT2D eigenvalue weighted by atomic mass is 9.80. The van der Waals surface area contributed by atoms with Crippen LogP contribution in [0.25, 0.3) is 0 Å². The second kappa shape index (κ2) is 4.13. The molecule has 0 bridgehead atoms. The Kier molecular flexibility index (Phi) is 2.92. The number of aromatic hydroxyl groups is 2. The summed E-state index contributed by atoms with van der Waals surface area (Å²) in [4.78, 5) is 24.4. The highest BCUT2D eigenvalue weighted by molar-refractivity contribution is 6.07. The van der Waals surface area contributed by atoms with Crippen LogP contribution in [-0.2, 0) is 24.5 Å². The first-order valence-corrected chi connectivity index (χ1v) is 6.08. The van der Waals surface area contributed by atoms with E-state index >= 15 is 0 Å². The summed E-state index contributed by atoms with van der Waals surface area (Å²) in [5.41, 5.74) is -1.13. The van der Waals surface area contributed by atoms with E-state index in [1.807, 2.05) is 0 Å². The summed E-state index contributed by atoms with van der Waals surface area (Å²) in [7, 11) is 0. The number of rotatable bonds is 1. The van der Waals surface area contributed by atoms with Crippen LogP contribution >= 0.6 is 0 Å². The zero-order valence-corrected chi connectivity index (χ0v) is 11.7. The van der Waals surface area contributed by atoms with Gasteiger partial charge < -0.3 is 19.7 Å². The smallest absolute Gasteiger partial charge is 0.331 e. The van der Waals surface area contributed by atoms with Gasteiger partial charge in [-0.05, 0) is 31.0 Å². The van der Waals surface area contributed by atoms with Crippen molar-refractivity contribution in [1.29, 1.82) is 0 Å². The third kappa shape index (κ3) is 1.97. The Labute approximate surface area is 115 Å². The summed E-state index contributed by atoms with van der Waals surface area (Å²) < 4.78 is 10.2. The molecule has 1 aliphatic rings. The molecule has 1 aromatic carbocycles. The topological polar surface area (TPSA) is 93.1 Å². The molecule has 6 nitrogen and oxygen atoms in total. The highest BCUT2D eigenvalue weighted by Gasteiger charge is 2.54. The number of cyclic esters (lactones) is 2. The van der Waals surface area contributed by atoms with E-state index in [9.17, 15) is 19.8 Å². The Balaban J connectivity index is 2.56. The normalized spacial score (nSPS) is 20.2. The average Bonchev–Trinajstić information content (AvgIpc) is 2.31. The van der Waals surface area contributed by atoms with Gasteiger partial charge in [0.15, 0.2) is 16.9 Å². The molecule has 2 rings (SSSR count). The van der Waals surface area contributed by atoms with E-state index in [1.165, 1.54) is 26.8 Å². The number of hydrogen-bond acceptors (Lipinski definition) is 6. The first kappa shape index (κ1) is 14.2. The van der Waals surface area contributed by atoms with E-state index in [1.54, 1.807) is 6.92 Å². The second-order valence-electron chi connectivity index (χ2n) is 5.46. The summed E-state index contributed by atoms with van der Waals surface area (Å²) in [6.07, 6.45) is 0. The fourth-order valence-electron chi connectivity index (χ4n) is 2.04. The molecule has 1 heterocycles. The largest absolute Gasteiger partial charge is 0.504 e. The minimum Gasteiger partial charge on any atom is -0.504 e. The minimum absolute atomic E-state index is 0.204. The summed E-state index contributed by atoms with van der Waals surface area (Å²) >= 11 is 0. The maximum atomic E-state index is 12.2. The predicted molar refractivity (Wildman–Crippen MR) is 68.1 cm³/mol. The van der Waals surface area contributed by atoms with Crippen LogP contribution in [0.1, 0.15) is 31.9 Å². The zero-order valence-electron chi connectivity index (χ0n) is 11.7. The molecule has 20 heavy (non-hydrogen) atoms. The molecule has 0 saturated carbocycles. The molecule has 0 atom stereocenters. The Morgan fingerprint density at radius 3 is 1.95 bits per heavy atom. The van der Waals surface area contributed by atoms with Gasteiger partial charge >= 0.3 is 11.9 Å². The lowest BCUT2D eigenvalue weighted by Gasteiger charge is -2.38. The van der Waals surface area contributed by atoms with Crippen molar-refractivity contribution in [2.45, 2.75) is 38.9 Å². The van der Waals surface area contributed by atoms with Crippen LogP contribution in [0.15, 0.2) is 12.1 Å². The number of hydrogen-bond donors (Lipinski definition) is 2. The standard InChI is InChI=1S/C14H16O6/c1-7-5-8(6-9(15)10(7)16)14(4)11(17)19-13(2,3)20-12(14)18/h5-6,15-16H,1-4H3. The van der Waals surface area contributed by atoms with E-state index in [4.69, 9.17) is 9.47 Å². The van der Waals surface area contributed by atoms with Crippen molar-refractivity contribution in [3.8, 4) is 11.5 Å². The summed E-state index contributed by atoms with van der Waals surface area (Å²) in [6.45, 7) is 5.83. The lowest BCUT2D eigenvalue weighted by molar-refractivity contribution is -0.242. The molecule has 1 aromatic rings. The molecule has 1 aliphatic heterocycles. The SMILES string of the molecule is Cc1cc(C2(C)C(=O)OC(C)(C)OC2=O)cc(O)c1O. The maximum absolute atomic E-state index is 12.2. The first-order valence-electron chi connectivity index (χ1n) is 6.08. The number of benzene rings is 1. The van der Waals surface area contributed by atoms with Crippen molar-refractivity contribution in [2.75, 3.05) is 0 Å². The van der Waals surface area contributed by atoms with Crippen molar-refractivity contribution in [2.24, 2.45) is 0 Å². The minimum atomic E-state index is -1.68. The highest BCUT2D eigenvalue weighted by atomic mass is 16.7. The van der Waals surface area contributed by atoms with Gasteiger partial charge in [-0.15, -0.1) is 0 Å². The van der Waals surface area contributed by atoms with Crippen molar-refractivity contribution in [3.63, 3.8) is 0 Å². The molecule has 0 radical (unpaired) electrons. The Morgan fingerprint density at radius 1 is 1.00 bits per heavy atom. The third-order valence-electron chi connectivity index (χ3n) is 3.35.